The largest absolute Gasteiger partial charge is 0.478 e. The van der Waals surface area contributed by atoms with E-state index in [0.29, 0.717) is 5.69 Å². The van der Waals surface area contributed by atoms with Gasteiger partial charge in [-0.05, 0) is 54.1 Å². The van der Waals surface area contributed by atoms with Crippen LogP contribution in [-0.4, -0.2) is 34.3 Å². The molecule has 0 bridgehead atoms. The van der Waals surface area contributed by atoms with Crippen molar-refractivity contribution >= 4 is 70.1 Å². The van der Waals surface area contributed by atoms with Gasteiger partial charge in [0.05, 0.1) is 33.3 Å². The van der Waals surface area contributed by atoms with Crippen LogP contribution in [0.5, 0.6) is 0 Å². The number of allylic oxidation sites excluding steroid dienone is 2. The smallest absolute Gasteiger partial charge is 0.335 e. The first-order chi connectivity index (χ1) is 21.4. The zero-order valence-electron chi connectivity index (χ0n) is 23.1. The molecule has 0 spiro atoms. The van der Waals surface area contributed by atoms with Gasteiger partial charge in [-0.1, -0.05) is 84.4 Å². The van der Waals surface area contributed by atoms with E-state index in [9.17, 15) is 19.5 Å². The van der Waals surface area contributed by atoms with E-state index in [1.807, 2.05) is 97.1 Å². The SMILES string of the molecule is O=C(O)c1ccc(Cl)c(NC(=O)C(Sc2cccc(NC(=O)N3c4ccccc4SC4C=CC=CC43)c2)c2ccccc2)c1. The first-order valence-electron chi connectivity index (χ1n) is 13.7. The van der Waals surface area contributed by atoms with Gasteiger partial charge in [-0.2, -0.15) is 0 Å². The number of nitrogens with one attached hydrogen (secondary N) is 2. The summed E-state index contributed by atoms with van der Waals surface area (Å²) in [4.78, 5) is 42.5. The number of aromatic carboxylic acids is 1. The summed E-state index contributed by atoms with van der Waals surface area (Å²) in [7, 11) is 0. The Balaban J connectivity index is 1.24. The van der Waals surface area contributed by atoms with Crippen molar-refractivity contribution in [1.82, 2.24) is 0 Å². The van der Waals surface area contributed by atoms with Crippen LogP contribution in [0.2, 0.25) is 5.02 Å². The van der Waals surface area contributed by atoms with Crippen LogP contribution in [0.15, 0.2) is 131 Å². The van der Waals surface area contributed by atoms with Crippen molar-refractivity contribution in [2.45, 2.75) is 26.3 Å². The molecular formula is C34H26ClN3O4S2. The number of rotatable bonds is 7. The summed E-state index contributed by atoms with van der Waals surface area (Å²) in [6, 6.07) is 28.3. The number of hydrogen-bond acceptors (Lipinski definition) is 5. The van der Waals surface area contributed by atoms with E-state index in [4.69, 9.17) is 11.6 Å². The van der Waals surface area contributed by atoms with Crippen LogP contribution in [0.1, 0.15) is 21.2 Å². The molecule has 0 radical (unpaired) electrons. The highest BCUT2D eigenvalue weighted by Gasteiger charge is 2.36. The molecule has 2 aliphatic rings. The minimum absolute atomic E-state index is 0.0121. The molecule has 1 aliphatic heterocycles. The Kier molecular flexibility index (Phi) is 8.79. The van der Waals surface area contributed by atoms with Crippen molar-refractivity contribution in [3.05, 3.63) is 138 Å². The van der Waals surface area contributed by atoms with E-state index in [1.54, 1.807) is 16.7 Å². The highest BCUT2D eigenvalue weighted by Crippen LogP contribution is 2.44. The first kappa shape index (κ1) is 29.6. The number of amides is 3. The maximum atomic E-state index is 13.8. The normalized spacial score (nSPS) is 17.2. The van der Waals surface area contributed by atoms with Gasteiger partial charge >= 0.3 is 12.0 Å². The zero-order valence-corrected chi connectivity index (χ0v) is 25.5. The Hall–Kier alpha value is -4.44. The molecule has 4 aromatic carbocycles. The maximum absolute atomic E-state index is 13.8. The van der Waals surface area contributed by atoms with Gasteiger partial charge in [0.15, 0.2) is 0 Å². The molecule has 3 N–H and O–H groups in total. The number of carboxylic acids is 1. The molecule has 220 valence electrons. The third kappa shape index (κ3) is 6.40. The number of urea groups is 1. The number of halogens is 1. The van der Waals surface area contributed by atoms with Crippen LogP contribution in [-0.2, 0) is 4.79 Å². The molecule has 0 aromatic heterocycles. The fourth-order valence-electron chi connectivity index (χ4n) is 5.04. The molecule has 0 fully saturated rings. The lowest BCUT2D eigenvalue weighted by atomic mass is 10.1. The van der Waals surface area contributed by atoms with E-state index < -0.39 is 11.2 Å². The molecule has 3 amide bonds. The number of carboxylic acid groups (broad SMARTS) is 1. The van der Waals surface area contributed by atoms with Gasteiger partial charge < -0.3 is 15.7 Å². The van der Waals surface area contributed by atoms with Crippen molar-refractivity contribution in [2.75, 3.05) is 15.5 Å². The van der Waals surface area contributed by atoms with Crippen LogP contribution in [0.3, 0.4) is 0 Å². The summed E-state index contributed by atoms with van der Waals surface area (Å²) in [6.07, 6.45) is 8.13. The van der Waals surface area contributed by atoms with Crippen LogP contribution >= 0.6 is 35.1 Å². The topological polar surface area (TPSA) is 98.7 Å². The number of thioether (sulfide) groups is 2. The van der Waals surface area contributed by atoms with E-state index >= 15 is 0 Å². The summed E-state index contributed by atoms with van der Waals surface area (Å²) in [5.74, 6) is -1.49. The molecule has 4 aromatic rings. The second kappa shape index (κ2) is 13.1. The lowest BCUT2D eigenvalue weighted by Gasteiger charge is -2.40. The number of benzene rings is 4. The molecule has 44 heavy (non-hydrogen) atoms. The van der Waals surface area contributed by atoms with Crippen molar-refractivity contribution in [3.8, 4) is 0 Å². The summed E-state index contributed by atoms with van der Waals surface area (Å²) in [5, 5.41) is 14.9. The molecular weight excluding hydrogens is 614 g/mol. The number of anilines is 3. The highest BCUT2D eigenvalue weighted by molar-refractivity contribution is 8.00. The Morgan fingerprint density at radius 1 is 0.864 bits per heavy atom. The average molecular weight is 640 g/mol. The van der Waals surface area contributed by atoms with E-state index in [0.717, 1.165) is 21.0 Å². The number of nitrogens with zero attached hydrogens (tertiary/aromatic N) is 1. The molecule has 7 nitrogen and oxygen atoms in total. The van der Waals surface area contributed by atoms with Crippen molar-refractivity contribution in [3.63, 3.8) is 0 Å². The predicted octanol–water partition coefficient (Wildman–Crippen LogP) is 8.52. The van der Waals surface area contributed by atoms with Crippen LogP contribution in [0.4, 0.5) is 21.9 Å². The van der Waals surface area contributed by atoms with Crippen molar-refractivity contribution in [2.24, 2.45) is 0 Å². The third-order valence-corrected chi connectivity index (χ3v) is 10.00. The zero-order chi connectivity index (χ0) is 30.6. The summed E-state index contributed by atoms with van der Waals surface area (Å²) in [5.41, 5.74) is 2.42. The second-order valence-electron chi connectivity index (χ2n) is 10.0. The fourth-order valence-corrected chi connectivity index (χ4v) is 7.55. The van der Waals surface area contributed by atoms with Gasteiger partial charge in [0.1, 0.15) is 5.25 Å². The number of carbonyl (C=O) groups is 3. The van der Waals surface area contributed by atoms with Crippen molar-refractivity contribution in [1.29, 1.82) is 0 Å². The second-order valence-corrected chi connectivity index (χ2v) is 12.8. The Bertz CT molecular complexity index is 1800. The van der Waals surface area contributed by atoms with Gasteiger partial charge in [0, 0.05) is 15.5 Å². The molecule has 6 rings (SSSR count). The quantitative estimate of drug-likeness (QED) is 0.175. The third-order valence-electron chi connectivity index (χ3n) is 7.11. The lowest BCUT2D eigenvalue weighted by molar-refractivity contribution is -0.115. The Labute approximate surface area is 268 Å². The average Bonchev–Trinajstić information content (AvgIpc) is 3.03. The standard InChI is InChI=1S/C34H26ClN3O4S2/c35-25-18-17-22(33(40)41)19-26(25)37-32(39)31(21-9-2-1-3-10-21)43-24-12-8-11-23(20-24)36-34(42)38-27-13-4-6-15-29(27)44-30-16-7-5-14-28(30)38/h1-20,27,29,31H,(H,36,42)(H,37,39)(H,40,41). The van der Waals surface area contributed by atoms with Gasteiger partial charge in [-0.3, -0.25) is 9.69 Å². The number of para-hydroxylation sites is 1. The summed E-state index contributed by atoms with van der Waals surface area (Å²) < 4.78 is 0. The molecule has 1 heterocycles. The van der Waals surface area contributed by atoms with Gasteiger partial charge in [0.2, 0.25) is 5.91 Å². The Morgan fingerprint density at radius 2 is 1.64 bits per heavy atom. The highest BCUT2D eigenvalue weighted by atomic mass is 35.5. The van der Waals surface area contributed by atoms with Gasteiger partial charge in [0.25, 0.3) is 0 Å². The van der Waals surface area contributed by atoms with Gasteiger partial charge in [-0.25, -0.2) is 9.59 Å². The molecule has 0 saturated heterocycles. The number of hydrogen-bond donors (Lipinski definition) is 3. The van der Waals surface area contributed by atoms with Gasteiger partial charge in [-0.15, -0.1) is 23.5 Å². The maximum Gasteiger partial charge on any atom is 0.335 e. The first-order valence-corrected chi connectivity index (χ1v) is 15.9. The minimum atomic E-state index is -1.12. The van der Waals surface area contributed by atoms with Crippen molar-refractivity contribution < 1.29 is 19.5 Å². The molecule has 3 atom stereocenters. The van der Waals surface area contributed by atoms with E-state index in [-0.39, 0.29) is 39.5 Å². The molecule has 1 aliphatic carbocycles. The lowest BCUT2D eigenvalue weighted by Crippen LogP contribution is -2.49. The molecule has 0 saturated carbocycles. The van der Waals surface area contributed by atoms with Crippen LogP contribution in [0, 0.1) is 0 Å². The minimum Gasteiger partial charge on any atom is -0.478 e. The van der Waals surface area contributed by atoms with Crippen LogP contribution < -0.4 is 15.5 Å². The predicted molar refractivity (Wildman–Crippen MR) is 178 cm³/mol. The fraction of sp³-hybridized carbons (Fsp3) is 0.0882. The molecule has 3 unspecified atom stereocenters. The summed E-state index contributed by atoms with van der Waals surface area (Å²) in [6.45, 7) is 0. The number of fused-ring (bicyclic) bond motifs is 2. The van der Waals surface area contributed by atoms with Crippen LogP contribution in [0.25, 0.3) is 0 Å². The summed E-state index contributed by atoms with van der Waals surface area (Å²) >= 11 is 9.35. The molecule has 10 heteroatoms. The van der Waals surface area contributed by atoms with E-state index in [1.165, 1.54) is 30.0 Å². The monoisotopic (exact) mass is 639 g/mol. The number of carbonyl (C=O) groups excluding carboxylic acids is 2. The van der Waals surface area contributed by atoms with E-state index in [2.05, 4.69) is 16.7 Å². The Morgan fingerprint density at radius 3 is 2.45 bits per heavy atom.